The molecule has 0 aromatic rings. The third kappa shape index (κ3) is 3.47. The summed E-state index contributed by atoms with van der Waals surface area (Å²) in [4.78, 5) is 13.6. The van der Waals surface area contributed by atoms with Gasteiger partial charge in [-0.25, -0.2) is 0 Å². The second-order valence-electron chi connectivity index (χ2n) is 4.22. The van der Waals surface area contributed by atoms with Gasteiger partial charge in [-0.1, -0.05) is 19.8 Å². The van der Waals surface area contributed by atoms with Crippen LogP contribution >= 0.6 is 0 Å². The summed E-state index contributed by atoms with van der Waals surface area (Å²) in [5.41, 5.74) is 5.84. The molecule has 0 aromatic carbocycles. The first-order valence-electron chi connectivity index (χ1n) is 5.76. The smallest absolute Gasteiger partial charge is 0.239 e. The van der Waals surface area contributed by atoms with E-state index in [1.807, 2.05) is 7.05 Å². The Labute approximate surface area is 91.8 Å². The first-order chi connectivity index (χ1) is 7.16. The average molecular weight is 214 g/mol. The molecule has 1 fully saturated rings. The molecule has 2 N–H and O–H groups in total. The maximum atomic E-state index is 11.9. The van der Waals surface area contributed by atoms with E-state index in [2.05, 4.69) is 6.92 Å². The molecule has 4 heteroatoms. The summed E-state index contributed by atoms with van der Waals surface area (Å²) in [6, 6.07) is -0.110. The largest absolute Gasteiger partial charge is 0.379 e. The number of likely N-dealkylation sites (N-methyl/N-ethyl adjacent to an activating group) is 1. The molecule has 1 unspecified atom stereocenters. The molecule has 1 heterocycles. The molecule has 0 saturated carbocycles. The van der Waals surface area contributed by atoms with Gasteiger partial charge < -0.3 is 15.4 Å². The number of amides is 1. The van der Waals surface area contributed by atoms with Crippen LogP contribution in [0.15, 0.2) is 0 Å². The summed E-state index contributed by atoms with van der Waals surface area (Å²) in [6.07, 6.45) is 3.81. The monoisotopic (exact) mass is 214 g/mol. The molecule has 0 aliphatic carbocycles. The summed E-state index contributed by atoms with van der Waals surface area (Å²) in [6.45, 7) is 3.51. The summed E-state index contributed by atoms with van der Waals surface area (Å²) >= 11 is 0. The molecule has 0 spiro atoms. The second kappa shape index (κ2) is 6.08. The molecule has 0 bridgehead atoms. The van der Waals surface area contributed by atoms with Gasteiger partial charge in [-0.2, -0.15) is 0 Å². The number of hydrogen-bond acceptors (Lipinski definition) is 3. The van der Waals surface area contributed by atoms with Crippen molar-refractivity contribution >= 4 is 5.91 Å². The highest BCUT2D eigenvalue weighted by atomic mass is 16.5. The molecular formula is C11H22N2O2. The zero-order chi connectivity index (χ0) is 11.3. The van der Waals surface area contributed by atoms with E-state index in [-0.39, 0.29) is 18.0 Å². The first kappa shape index (κ1) is 12.5. The van der Waals surface area contributed by atoms with Crippen molar-refractivity contribution < 1.29 is 9.53 Å². The normalized spacial score (nSPS) is 22.7. The zero-order valence-electron chi connectivity index (χ0n) is 9.74. The fourth-order valence-corrected chi connectivity index (χ4v) is 1.82. The van der Waals surface area contributed by atoms with Crippen molar-refractivity contribution in [2.75, 3.05) is 20.3 Å². The van der Waals surface area contributed by atoms with Gasteiger partial charge in [-0.3, -0.25) is 4.79 Å². The van der Waals surface area contributed by atoms with Crippen LogP contribution in [0.5, 0.6) is 0 Å². The average Bonchev–Trinajstić information content (AvgIpc) is 2.77. The lowest BCUT2D eigenvalue weighted by Gasteiger charge is -2.26. The van der Waals surface area contributed by atoms with Crippen LogP contribution in [0.3, 0.4) is 0 Å². The van der Waals surface area contributed by atoms with E-state index in [1.165, 1.54) is 0 Å². The Hall–Kier alpha value is -0.610. The van der Waals surface area contributed by atoms with Crippen molar-refractivity contribution in [3.05, 3.63) is 0 Å². The number of hydrogen-bond donors (Lipinski definition) is 1. The second-order valence-corrected chi connectivity index (χ2v) is 4.22. The number of nitrogens with two attached hydrogens (primary N) is 1. The van der Waals surface area contributed by atoms with Crippen LogP contribution in [0.25, 0.3) is 0 Å². The molecular weight excluding hydrogens is 192 g/mol. The van der Waals surface area contributed by atoms with E-state index < -0.39 is 0 Å². The van der Waals surface area contributed by atoms with Crippen molar-refractivity contribution in [1.82, 2.24) is 4.90 Å². The summed E-state index contributed by atoms with van der Waals surface area (Å²) in [5.74, 6) is 0.0546. The lowest BCUT2D eigenvalue weighted by Crippen LogP contribution is -2.46. The minimum atomic E-state index is -0.337. The molecule has 1 aliphatic rings. The van der Waals surface area contributed by atoms with E-state index in [0.717, 1.165) is 32.3 Å². The van der Waals surface area contributed by atoms with E-state index in [0.29, 0.717) is 6.61 Å². The predicted molar refractivity (Wildman–Crippen MR) is 59.5 cm³/mol. The molecule has 2 atom stereocenters. The van der Waals surface area contributed by atoms with Gasteiger partial charge in [0.15, 0.2) is 0 Å². The summed E-state index contributed by atoms with van der Waals surface area (Å²) < 4.78 is 5.25. The number of ether oxygens (including phenoxy) is 1. The number of carbonyl (C=O) groups excluding carboxylic acids is 1. The molecule has 1 amide bonds. The lowest BCUT2D eigenvalue weighted by molar-refractivity contribution is -0.133. The van der Waals surface area contributed by atoms with Crippen molar-refractivity contribution in [1.29, 1.82) is 0 Å². The van der Waals surface area contributed by atoms with E-state index >= 15 is 0 Å². The predicted octanol–water partition coefficient (Wildman–Crippen LogP) is 0.751. The van der Waals surface area contributed by atoms with Crippen LogP contribution < -0.4 is 5.73 Å². The lowest BCUT2D eigenvalue weighted by atomic mass is 10.1. The molecule has 1 saturated heterocycles. The number of carbonyl (C=O) groups is 1. The van der Waals surface area contributed by atoms with Crippen molar-refractivity contribution in [3.63, 3.8) is 0 Å². The van der Waals surface area contributed by atoms with Crippen molar-refractivity contribution in [2.45, 2.75) is 44.7 Å². The maximum absolute atomic E-state index is 11.9. The van der Waals surface area contributed by atoms with E-state index in [4.69, 9.17) is 10.5 Å². The Balaban J connectivity index is 2.36. The molecule has 0 aromatic heterocycles. The Morgan fingerprint density at radius 1 is 1.67 bits per heavy atom. The Kier molecular flexibility index (Phi) is 5.05. The number of nitrogens with zero attached hydrogens (tertiary/aromatic N) is 1. The van der Waals surface area contributed by atoms with E-state index in [9.17, 15) is 4.79 Å². The highest BCUT2D eigenvalue weighted by molar-refractivity contribution is 5.81. The maximum Gasteiger partial charge on any atom is 0.239 e. The molecule has 88 valence electrons. The molecule has 15 heavy (non-hydrogen) atoms. The van der Waals surface area contributed by atoms with Gasteiger partial charge in [0.1, 0.15) is 0 Å². The first-order valence-corrected chi connectivity index (χ1v) is 5.76. The van der Waals surface area contributed by atoms with Crippen LogP contribution in [-0.4, -0.2) is 43.2 Å². The van der Waals surface area contributed by atoms with Crippen molar-refractivity contribution in [3.8, 4) is 0 Å². The van der Waals surface area contributed by atoms with Gasteiger partial charge in [-0.05, 0) is 12.8 Å². The van der Waals surface area contributed by atoms with Crippen LogP contribution in [-0.2, 0) is 9.53 Å². The molecule has 1 aliphatic heterocycles. The number of unbranched alkanes of at least 4 members (excludes halogenated alkanes) is 1. The topological polar surface area (TPSA) is 55.6 Å². The Morgan fingerprint density at radius 3 is 2.93 bits per heavy atom. The minimum absolute atomic E-state index is 0.0546. The van der Waals surface area contributed by atoms with Crippen molar-refractivity contribution in [2.24, 2.45) is 5.73 Å². The minimum Gasteiger partial charge on any atom is -0.379 e. The van der Waals surface area contributed by atoms with Gasteiger partial charge in [-0.15, -0.1) is 0 Å². The van der Waals surface area contributed by atoms with E-state index in [1.54, 1.807) is 4.90 Å². The van der Waals surface area contributed by atoms with Crippen LogP contribution in [0.2, 0.25) is 0 Å². The van der Waals surface area contributed by atoms with Crippen LogP contribution in [0.4, 0.5) is 0 Å². The molecule has 1 rings (SSSR count). The quantitative estimate of drug-likeness (QED) is 0.735. The highest BCUT2D eigenvalue weighted by Gasteiger charge is 2.26. The standard InChI is InChI=1S/C11H22N2O2/c1-3-4-5-10(12)11(14)13(2)9-6-7-15-8-9/h9-10H,3-8,12H2,1-2H3/t9?,10-/m0/s1. The van der Waals surface area contributed by atoms with Gasteiger partial charge in [0.05, 0.1) is 18.7 Å². The van der Waals surface area contributed by atoms with Gasteiger partial charge >= 0.3 is 0 Å². The zero-order valence-corrected chi connectivity index (χ0v) is 9.74. The Morgan fingerprint density at radius 2 is 2.40 bits per heavy atom. The molecule has 0 radical (unpaired) electrons. The fraction of sp³-hybridized carbons (Fsp3) is 0.909. The van der Waals surface area contributed by atoms with Gasteiger partial charge in [0.25, 0.3) is 0 Å². The summed E-state index contributed by atoms with van der Waals surface area (Å²) in [5, 5.41) is 0. The van der Waals surface area contributed by atoms with Crippen LogP contribution in [0, 0.1) is 0 Å². The third-order valence-corrected chi connectivity index (χ3v) is 2.99. The number of rotatable bonds is 5. The fourth-order valence-electron chi connectivity index (χ4n) is 1.82. The van der Waals surface area contributed by atoms with Gasteiger partial charge in [0.2, 0.25) is 5.91 Å². The van der Waals surface area contributed by atoms with Gasteiger partial charge in [0, 0.05) is 13.7 Å². The highest BCUT2D eigenvalue weighted by Crippen LogP contribution is 2.12. The van der Waals surface area contributed by atoms with Crippen LogP contribution in [0.1, 0.15) is 32.6 Å². The SMILES string of the molecule is CCCC[C@H](N)C(=O)N(C)C1CCOC1. The summed E-state index contributed by atoms with van der Waals surface area (Å²) in [7, 11) is 1.83. The molecule has 4 nitrogen and oxygen atoms in total. The third-order valence-electron chi connectivity index (χ3n) is 2.99. The Bertz CT molecular complexity index is 203.